The molecule has 1 aliphatic rings. The largest absolute Gasteiger partial charge is 0.480 e. The number of para-hydroxylation sites is 1. The number of nitrogens with zero attached hydrogens (tertiary/aromatic N) is 1. The summed E-state index contributed by atoms with van der Waals surface area (Å²) in [7, 11) is 0. The van der Waals surface area contributed by atoms with Crippen LogP contribution < -0.4 is 10.5 Å². The fourth-order valence-electron chi connectivity index (χ4n) is 2.19. The van der Waals surface area contributed by atoms with Crippen molar-refractivity contribution in [2.75, 3.05) is 6.54 Å². The number of amides is 1. The number of fused-ring (bicyclic) bond motifs is 1. The number of carbonyl (C=O) groups excluding carboxylic acids is 1. The van der Waals surface area contributed by atoms with Crippen LogP contribution in [0.5, 0.6) is 5.75 Å². The van der Waals surface area contributed by atoms with Crippen LogP contribution in [0.25, 0.3) is 0 Å². The number of hydrogen-bond donors (Lipinski definition) is 1. The number of benzene rings is 1. The smallest absolute Gasteiger partial charge is 0.264 e. The summed E-state index contributed by atoms with van der Waals surface area (Å²) in [6, 6.07) is 7.76. The maximum atomic E-state index is 12.5. The van der Waals surface area contributed by atoms with Gasteiger partial charge in [0.25, 0.3) is 5.91 Å². The molecule has 0 aliphatic carbocycles. The van der Waals surface area contributed by atoms with Crippen molar-refractivity contribution < 1.29 is 9.53 Å². The number of carbonyl (C=O) groups is 1. The van der Waals surface area contributed by atoms with Gasteiger partial charge in [-0.15, -0.1) is 0 Å². The summed E-state index contributed by atoms with van der Waals surface area (Å²) in [5.41, 5.74) is 6.62. The molecule has 2 N–H and O–H groups in total. The Bertz CT molecular complexity index is 477. The van der Waals surface area contributed by atoms with Gasteiger partial charge in [0.15, 0.2) is 6.10 Å². The molecule has 102 valence electrons. The second-order valence-corrected chi connectivity index (χ2v) is 5.47. The Kier molecular flexibility index (Phi) is 4.04. The van der Waals surface area contributed by atoms with Crippen LogP contribution in [0.1, 0.15) is 19.4 Å². The first kappa shape index (κ1) is 13.8. The van der Waals surface area contributed by atoms with E-state index in [0.717, 1.165) is 11.3 Å². The van der Waals surface area contributed by atoms with E-state index in [2.05, 4.69) is 0 Å². The molecule has 0 radical (unpaired) electrons. The third-order valence-electron chi connectivity index (χ3n) is 3.16. The number of ether oxygens (including phenoxy) is 1. The maximum absolute atomic E-state index is 12.5. The quantitative estimate of drug-likeness (QED) is 0.848. The highest BCUT2D eigenvalue weighted by molar-refractivity contribution is 7.80. The van der Waals surface area contributed by atoms with Gasteiger partial charge < -0.3 is 15.4 Å². The maximum Gasteiger partial charge on any atom is 0.264 e. The van der Waals surface area contributed by atoms with Gasteiger partial charge >= 0.3 is 0 Å². The molecule has 0 bridgehead atoms. The predicted molar refractivity (Wildman–Crippen MR) is 78.2 cm³/mol. The van der Waals surface area contributed by atoms with E-state index in [4.69, 9.17) is 22.7 Å². The van der Waals surface area contributed by atoms with Gasteiger partial charge in [-0.1, -0.05) is 30.4 Å². The zero-order chi connectivity index (χ0) is 14.0. The first-order valence-corrected chi connectivity index (χ1v) is 6.73. The third kappa shape index (κ3) is 3.04. The fourth-order valence-corrected chi connectivity index (χ4v) is 2.33. The molecule has 19 heavy (non-hydrogen) atoms. The lowest BCUT2D eigenvalue weighted by molar-refractivity contribution is -0.138. The Morgan fingerprint density at radius 2 is 2.21 bits per heavy atom. The number of nitrogens with two attached hydrogens (primary N) is 1. The Morgan fingerprint density at radius 1 is 1.53 bits per heavy atom. The molecule has 1 atom stereocenters. The Labute approximate surface area is 118 Å². The molecule has 0 fully saturated rings. The SMILES string of the molecule is CC(C)N(CC(N)=S)C(=O)C1Cc2ccccc2O1. The van der Waals surface area contributed by atoms with Crippen LogP contribution in [0, 0.1) is 0 Å². The summed E-state index contributed by atoms with van der Waals surface area (Å²) in [5, 5.41) is 0. The van der Waals surface area contributed by atoms with E-state index in [1.165, 1.54) is 0 Å². The van der Waals surface area contributed by atoms with E-state index in [1.807, 2.05) is 38.1 Å². The summed E-state index contributed by atoms with van der Waals surface area (Å²) in [6.45, 7) is 4.18. The van der Waals surface area contributed by atoms with Crippen molar-refractivity contribution in [2.45, 2.75) is 32.4 Å². The lowest BCUT2D eigenvalue weighted by Gasteiger charge is -2.28. The van der Waals surface area contributed by atoms with Gasteiger partial charge in [-0.25, -0.2) is 0 Å². The van der Waals surface area contributed by atoms with Crippen molar-refractivity contribution in [3.05, 3.63) is 29.8 Å². The van der Waals surface area contributed by atoms with E-state index in [0.29, 0.717) is 18.0 Å². The van der Waals surface area contributed by atoms with Gasteiger partial charge in [0, 0.05) is 12.5 Å². The lowest BCUT2D eigenvalue weighted by Crippen LogP contribution is -2.48. The van der Waals surface area contributed by atoms with E-state index >= 15 is 0 Å². The first-order valence-electron chi connectivity index (χ1n) is 6.32. The van der Waals surface area contributed by atoms with Crippen LogP contribution in [0.4, 0.5) is 0 Å². The molecule has 1 aliphatic heterocycles. The highest BCUT2D eigenvalue weighted by Crippen LogP contribution is 2.29. The molecule has 4 nitrogen and oxygen atoms in total. The minimum atomic E-state index is -0.464. The van der Waals surface area contributed by atoms with Gasteiger partial charge in [0.2, 0.25) is 0 Å². The minimum absolute atomic E-state index is 0.0429. The van der Waals surface area contributed by atoms with Gasteiger partial charge in [-0.2, -0.15) is 0 Å². The van der Waals surface area contributed by atoms with Gasteiger partial charge in [-0.05, 0) is 25.5 Å². The molecular formula is C14H18N2O2S. The standard InChI is InChI=1S/C14H18N2O2S/c1-9(2)16(8-13(15)19)14(17)12-7-10-5-3-4-6-11(10)18-12/h3-6,9,12H,7-8H2,1-2H3,(H2,15,19). The molecule has 1 amide bonds. The monoisotopic (exact) mass is 278 g/mol. The molecular weight excluding hydrogens is 260 g/mol. The number of hydrogen-bond acceptors (Lipinski definition) is 3. The van der Waals surface area contributed by atoms with Crippen molar-refractivity contribution in [1.82, 2.24) is 4.90 Å². The van der Waals surface area contributed by atoms with E-state index < -0.39 is 6.10 Å². The summed E-state index contributed by atoms with van der Waals surface area (Å²) >= 11 is 4.90. The van der Waals surface area contributed by atoms with Gasteiger partial charge in [-0.3, -0.25) is 4.79 Å². The lowest BCUT2D eigenvalue weighted by atomic mass is 10.1. The number of rotatable bonds is 4. The van der Waals surface area contributed by atoms with Gasteiger partial charge in [0.1, 0.15) is 5.75 Å². The minimum Gasteiger partial charge on any atom is -0.480 e. The summed E-state index contributed by atoms with van der Waals surface area (Å²) in [5.74, 6) is 0.735. The third-order valence-corrected chi connectivity index (χ3v) is 3.28. The molecule has 2 rings (SSSR count). The van der Waals surface area contributed by atoms with Crippen molar-refractivity contribution in [2.24, 2.45) is 5.73 Å². The summed E-state index contributed by atoms with van der Waals surface area (Å²) in [4.78, 5) is 14.5. The highest BCUT2D eigenvalue weighted by Gasteiger charge is 2.33. The highest BCUT2D eigenvalue weighted by atomic mass is 32.1. The van der Waals surface area contributed by atoms with Crippen molar-refractivity contribution in [1.29, 1.82) is 0 Å². The zero-order valence-electron chi connectivity index (χ0n) is 11.1. The number of thiocarbonyl (C=S) groups is 1. The Morgan fingerprint density at radius 3 is 2.79 bits per heavy atom. The molecule has 0 aromatic heterocycles. The van der Waals surface area contributed by atoms with Crippen LogP contribution >= 0.6 is 12.2 Å². The van der Waals surface area contributed by atoms with Gasteiger partial charge in [0.05, 0.1) is 11.5 Å². The Hall–Kier alpha value is -1.62. The zero-order valence-corrected chi connectivity index (χ0v) is 11.9. The average Bonchev–Trinajstić information content (AvgIpc) is 2.78. The molecule has 0 spiro atoms. The molecule has 1 heterocycles. The van der Waals surface area contributed by atoms with Crippen molar-refractivity contribution in [3.63, 3.8) is 0 Å². The molecule has 5 heteroatoms. The van der Waals surface area contributed by atoms with Crippen LogP contribution in [0.2, 0.25) is 0 Å². The van der Waals surface area contributed by atoms with E-state index in [1.54, 1.807) is 4.90 Å². The summed E-state index contributed by atoms with van der Waals surface area (Å²) in [6.07, 6.45) is 0.143. The molecule has 1 unspecified atom stereocenters. The van der Waals surface area contributed by atoms with E-state index in [-0.39, 0.29) is 11.9 Å². The van der Waals surface area contributed by atoms with Crippen LogP contribution in [-0.4, -0.2) is 34.5 Å². The summed E-state index contributed by atoms with van der Waals surface area (Å²) < 4.78 is 5.71. The second kappa shape index (κ2) is 5.57. The fraction of sp³-hybridized carbons (Fsp3) is 0.429. The predicted octanol–water partition coefficient (Wildman–Crippen LogP) is 1.51. The normalized spacial score (nSPS) is 16.9. The van der Waals surface area contributed by atoms with Crippen LogP contribution in [0.15, 0.2) is 24.3 Å². The second-order valence-electron chi connectivity index (χ2n) is 4.94. The van der Waals surface area contributed by atoms with Crippen molar-refractivity contribution >= 4 is 23.1 Å². The average molecular weight is 278 g/mol. The molecule has 1 aromatic carbocycles. The molecule has 1 aromatic rings. The van der Waals surface area contributed by atoms with Crippen LogP contribution in [0.3, 0.4) is 0 Å². The van der Waals surface area contributed by atoms with Crippen LogP contribution in [-0.2, 0) is 11.2 Å². The first-order chi connectivity index (χ1) is 8.99. The van der Waals surface area contributed by atoms with E-state index in [9.17, 15) is 4.79 Å². The molecule has 0 saturated carbocycles. The topological polar surface area (TPSA) is 55.6 Å². The Balaban J connectivity index is 2.10. The van der Waals surface area contributed by atoms with Crippen molar-refractivity contribution in [3.8, 4) is 5.75 Å². The molecule has 0 saturated heterocycles.